The Kier molecular flexibility index (Phi) is 12.7. The Balaban J connectivity index is 0.00000392. The average molecular weight is 502 g/mol. The zero-order chi connectivity index (χ0) is 19.5. The fourth-order valence-electron chi connectivity index (χ4n) is 3.52. The maximum absolute atomic E-state index is 4.83. The fourth-order valence-corrected chi connectivity index (χ4v) is 3.52. The number of rotatable bonds is 9. The van der Waals surface area contributed by atoms with Gasteiger partial charge in [0.15, 0.2) is 5.96 Å². The first kappa shape index (κ1) is 25.2. The van der Waals surface area contributed by atoms with E-state index in [9.17, 15) is 0 Å². The van der Waals surface area contributed by atoms with Crippen LogP contribution in [0.3, 0.4) is 0 Å². The van der Waals surface area contributed by atoms with E-state index in [4.69, 9.17) is 4.99 Å². The molecule has 1 aliphatic heterocycles. The number of hydrogen-bond acceptors (Lipinski definition) is 3. The van der Waals surface area contributed by atoms with Crippen LogP contribution in [-0.2, 0) is 0 Å². The summed E-state index contributed by atoms with van der Waals surface area (Å²) in [7, 11) is 0. The molecule has 0 amide bonds. The molecular formula is C22H40IN5. The fraction of sp³-hybridized carbons (Fsp3) is 0.682. The van der Waals surface area contributed by atoms with Crippen molar-refractivity contribution in [1.29, 1.82) is 0 Å². The third kappa shape index (κ3) is 9.09. The molecule has 1 fully saturated rings. The highest BCUT2D eigenvalue weighted by Crippen LogP contribution is 2.13. The van der Waals surface area contributed by atoms with Crippen molar-refractivity contribution in [2.75, 3.05) is 58.9 Å². The van der Waals surface area contributed by atoms with Crippen molar-refractivity contribution in [2.24, 2.45) is 10.9 Å². The molecule has 1 aliphatic rings. The number of piperazine rings is 1. The predicted molar refractivity (Wildman–Crippen MR) is 132 cm³/mol. The molecule has 0 radical (unpaired) electrons. The molecule has 1 aromatic carbocycles. The molecule has 1 heterocycles. The molecule has 1 aromatic rings. The second-order valence-corrected chi connectivity index (χ2v) is 7.75. The lowest BCUT2D eigenvalue weighted by Crippen LogP contribution is -2.47. The van der Waals surface area contributed by atoms with Crippen molar-refractivity contribution in [2.45, 2.75) is 33.6 Å². The number of aliphatic imine (C=N–C) groups is 1. The van der Waals surface area contributed by atoms with Crippen molar-refractivity contribution in [3.8, 4) is 0 Å². The molecule has 0 saturated carbocycles. The van der Waals surface area contributed by atoms with Gasteiger partial charge in [-0.15, -0.1) is 24.0 Å². The van der Waals surface area contributed by atoms with Gasteiger partial charge in [0.1, 0.15) is 0 Å². The maximum atomic E-state index is 4.83. The van der Waals surface area contributed by atoms with Crippen molar-refractivity contribution in [3.05, 3.63) is 35.9 Å². The summed E-state index contributed by atoms with van der Waals surface area (Å²) >= 11 is 0. The molecule has 1 saturated heterocycles. The van der Waals surface area contributed by atoms with Gasteiger partial charge in [-0.1, -0.05) is 51.1 Å². The first-order valence-electron chi connectivity index (χ1n) is 10.6. The average Bonchev–Trinajstić information content (AvgIpc) is 2.71. The van der Waals surface area contributed by atoms with E-state index in [0.717, 1.165) is 32.1 Å². The predicted octanol–water partition coefficient (Wildman–Crippen LogP) is 3.24. The van der Waals surface area contributed by atoms with Crippen LogP contribution in [0.2, 0.25) is 0 Å². The quantitative estimate of drug-likeness (QED) is 0.310. The molecule has 5 nitrogen and oxygen atoms in total. The summed E-state index contributed by atoms with van der Waals surface area (Å²) in [5, 5.41) is 6.89. The van der Waals surface area contributed by atoms with Crippen LogP contribution < -0.4 is 10.6 Å². The van der Waals surface area contributed by atoms with Crippen LogP contribution >= 0.6 is 24.0 Å². The third-order valence-corrected chi connectivity index (χ3v) is 5.33. The van der Waals surface area contributed by atoms with Crippen molar-refractivity contribution in [1.82, 2.24) is 20.4 Å². The Morgan fingerprint density at radius 1 is 1.00 bits per heavy atom. The van der Waals surface area contributed by atoms with Gasteiger partial charge in [0.25, 0.3) is 0 Å². The Morgan fingerprint density at radius 2 is 1.64 bits per heavy atom. The number of nitrogens with zero attached hydrogens (tertiary/aromatic N) is 3. The molecule has 2 unspecified atom stereocenters. The lowest BCUT2D eigenvalue weighted by Gasteiger charge is -2.35. The highest BCUT2D eigenvalue weighted by atomic mass is 127. The molecule has 0 spiro atoms. The van der Waals surface area contributed by atoms with Crippen molar-refractivity contribution >= 4 is 29.9 Å². The number of nitrogens with one attached hydrogen (secondary N) is 2. The molecule has 0 aromatic heterocycles. The summed E-state index contributed by atoms with van der Waals surface area (Å²) < 4.78 is 0. The van der Waals surface area contributed by atoms with Gasteiger partial charge < -0.3 is 20.4 Å². The highest BCUT2D eigenvalue weighted by Gasteiger charge is 2.17. The van der Waals surface area contributed by atoms with E-state index in [1.165, 1.54) is 38.3 Å². The number of benzene rings is 1. The second-order valence-electron chi connectivity index (χ2n) is 7.75. The maximum Gasteiger partial charge on any atom is 0.191 e. The monoisotopic (exact) mass is 501 g/mol. The molecule has 0 bridgehead atoms. The molecule has 0 aliphatic carbocycles. The first-order chi connectivity index (χ1) is 13.1. The van der Waals surface area contributed by atoms with Gasteiger partial charge >= 0.3 is 0 Å². The van der Waals surface area contributed by atoms with Crippen LogP contribution in [0.1, 0.15) is 39.2 Å². The van der Waals surface area contributed by atoms with Gasteiger partial charge in [0.05, 0.1) is 0 Å². The number of guanidine groups is 1. The van der Waals surface area contributed by atoms with E-state index in [1.807, 2.05) is 0 Å². The Bertz CT molecular complexity index is 543. The van der Waals surface area contributed by atoms with Crippen LogP contribution in [0.4, 0.5) is 0 Å². The van der Waals surface area contributed by atoms with Gasteiger partial charge in [0.2, 0.25) is 0 Å². The summed E-state index contributed by atoms with van der Waals surface area (Å²) in [6.45, 7) is 18.7. The van der Waals surface area contributed by atoms with E-state index in [-0.39, 0.29) is 24.0 Å². The summed E-state index contributed by atoms with van der Waals surface area (Å²) in [4.78, 5) is 9.95. The van der Waals surface area contributed by atoms with E-state index in [2.05, 4.69) is 78.5 Å². The number of hydrogen-bond donors (Lipinski definition) is 2. The molecule has 160 valence electrons. The van der Waals surface area contributed by atoms with Crippen LogP contribution in [-0.4, -0.2) is 74.7 Å². The third-order valence-electron chi connectivity index (χ3n) is 5.33. The van der Waals surface area contributed by atoms with Gasteiger partial charge in [-0.25, -0.2) is 0 Å². The molecule has 2 N–H and O–H groups in total. The summed E-state index contributed by atoms with van der Waals surface area (Å²) in [6, 6.07) is 10.7. The number of likely N-dealkylation sites (N-methyl/N-ethyl adjacent to an activating group) is 1. The van der Waals surface area contributed by atoms with Gasteiger partial charge in [0, 0.05) is 52.4 Å². The van der Waals surface area contributed by atoms with E-state index < -0.39 is 0 Å². The minimum absolute atomic E-state index is 0. The van der Waals surface area contributed by atoms with E-state index in [0.29, 0.717) is 11.8 Å². The van der Waals surface area contributed by atoms with Crippen molar-refractivity contribution in [3.63, 3.8) is 0 Å². The largest absolute Gasteiger partial charge is 0.357 e. The molecule has 6 heteroatoms. The molecular weight excluding hydrogens is 461 g/mol. The lowest BCUT2D eigenvalue weighted by molar-refractivity contribution is 0.125. The Labute approximate surface area is 189 Å². The van der Waals surface area contributed by atoms with Gasteiger partial charge in [-0.2, -0.15) is 0 Å². The summed E-state index contributed by atoms with van der Waals surface area (Å²) in [5.41, 5.74) is 1.36. The standard InChI is InChI=1S/C22H39N5.HI/c1-5-23-22(25-17-20(4)21-10-8-7-9-11-21)24-16-19(3)18-27-14-12-26(6-2)13-15-27;/h7-11,19-20H,5-6,12-18H2,1-4H3,(H2,23,24,25);1H. The Hall–Kier alpha value is -0.860. The second kappa shape index (κ2) is 14.2. The molecule has 28 heavy (non-hydrogen) atoms. The highest BCUT2D eigenvalue weighted by molar-refractivity contribution is 14.0. The summed E-state index contributed by atoms with van der Waals surface area (Å²) in [5.74, 6) is 1.96. The molecule has 2 atom stereocenters. The minimum atomic E-state index is 0. The van der Waals surface area contributed by atoms with Gasteiger partial charge in [-0.3, -0.25) is 4.99 Å². The van der Waals surface area contributed by atoms with Crippen molar-refractivity contribution < 1.29 is 0 Å². The first-order valence-corrected chi connectivity index (χ1v) is 10.6. The SMILES string of the molecule is CCNC(=NCC(C)CN1CCN(CC)CC1)NCC(C)c1ccccc1.I. The normalized spacial score (nSPS) is 18.2. The summed E-state index contributed by atoms with van der Waals surface area (Å²) in [6.07, 6.45) is 0. The Morgan fingerprint density at radius 3 is 2.25 bits per heavy atom. The topological polar surface area (TPSA) is 42.9 Å². The van der Waals surface area contributed by atoms with E-state index >= 15 is 0 Å². The van der Waals surface area contributed by atoms with Gasteiger partial charge in [-0.05, 0) is 30.9 Å². The minimum Gasteiger partial charge on any atom is -0.357 e. The zero-order valence-electron chi connectivity index (χ0n) is 18.2. The van der Waals surface area contributed by atoms with Crippen LogP contribution in [0.25, 0.3) is 0 Å². The van der Waals surface area contributed by atoms with E-state index in [1.54, 1.807) is 0 Å². The van der Waals surface area contributed by atoms with Crippen LogP contribution in [0, 0.1) is 5.92 Å². The lowest BCUT2D eigenvalue weighted by atomic mass is 10.0. The number of halogens is 1. The van der Waals surface area contributed by atoms with Crippen LogP contribution in [0.15, 0.2) is 35.3 Å². The zero-order valence-corrected chi connectivity index (χ0v) is 20.5. The smallest absolute Gasteiger partial charge is 0.191 e. The molecule has 2 rings (SSSR count). The van der Waals surface area contributed by atoms with Crippen LogP contribution in [0.5, 0.6) is 0 Å².